The van der Waals surface area contributed by atoms with Crippen LogP contribution in [0.5, 0.6) is 0 Å². The van der Waals surface area contributed by atoms with Crippen molar-refractivity contribution in [1.82, 2.24) is 0 Å². The van der Waals surface area contributed by atoms with E-state index in [4.69, 9.17) is 4.74 Å². The summed E-state index contributed by atoms with van der Waals surface area (Å²) < 4.78 is 6.77. The summed E-state index contributed by atoms with van der Waals surface area (Å²) in [7, 11) is 2.35. The molecule has 0 radical (unpaired) electrons. The molecule has 0 spiro atoms. The van der Waals surface area contributed by atoms with Gasteiger partial charge in [-0.3, -0.25) is 0 Å². The molecule has 0 amide bonds. The molecule has 2 aromatic carbocycles. The van der Waals surface area contributed by atoms with Crippen LogP contribution in [0.15, 0.2) is 60.7 Å². The van der Waals surface area contributed by atoms with Crippen LogP contribution in [-0.4, -0.2) is 40.8 Å². The van der Waals surface area contributed by atoms with Gasteiger partial charge in [0.25, 0.3) is 0 Å². The number of carbonyl (C=O) groups is 1. The Balaban J connectivity index is 1.40. The third-order valence-corrected chi connectivity index (χ3v) is 6.56. The minimum absolute atomic E-state index is 0.0877. The highest BCUT2D eigenvalue weighted by Crippen LogP contribution is 2.43. The van der Waals surface area contributed by atoms with Gasteiger partial charge in [-0.15, -0.1) is 0 Å². The highest BCUT2D eigenvalue weighted by Gasteiger charge is 2.52. The number of hydrogen-bond acceptors (Lipinski definition) is 3. The molecule has 142 valence electrons. The quantitative estimate of drug-likeness (QED) is 0.650. The Morgan fingerprint density at radius 3 is 2.19 bits per heavy atom. The maximum Gasteiger partial charge on any atom is 0.339 e. The van der Waals surface area contributed by atoms with Crippen LogP contribution < -0.4 is 0 Å². The lowest BCUT2D eigenvalue weighted by molar-refractivity contribution is -0.961. The zero-order valence-corrected chi connectivity index (χ0v) is 15.8. The summed E-state index contributed by atoms with van der Waals surface area (Å²) in [5.74, 6) is -0.523. The third-order valence-electron chi connectivity index (χ3n) is 6.56. The molecular formula is C23H28NO3+. The lowest BCUT2D eigenvalue weighted by Gasteiger charge is -2.47. The van der Waals surface area contributed by atoms with Crippen LogP contribution in [0, 0.1) is 0 Å². The van der Waals surface area contributed by atoms with Crippen LogP contribution in [0.4, 0.5) is 0 Å². The fourth-order valence-corrected chi connectivity index (χ4v) is 5.02. The summed E-state index contributed by atoms with van der Waals surface area (Å²) in [6.45, 7) is 1.03. The maximum atomic E-state index is 12.4. The Bertz CT molecular complexity index is 763. The second-order valence-electron chi connectivity index (χ2n) is 8.22. The molecule has 2 heterocycles. The lowest BCUT2D eigenvalue weighted by atomic mass is 9.95. The number of carbonyl (C=O) groups excluding carboxylic acids is 1. The van der Waals surface area contributed by atoms with E-state index in [1.54, 1.807) is 12.1 Å². The molecule has 4 heteroatoms. The highest BCUT2D eigenvalue weighted by atomic mass is 16.6. The van der Waals surface area contributed by atoms with E-state index < -0.39 is 12.1 Å². The first-order chi connectivity index (χ1) is 13.1. The van der Waals surface area contributed by atoms with Crippen molar-refractivity contribution in [3.63, 3.8) is 0 Å². The zero-order valence-electron chi connectivity index (χ0n) is 15.8. The van der Waals surface area contributed by atoms with Crippen LogP contribution in [0.25, 0.3) is 0 Å². The molecule has 27 heavy (non-hydrogen) atoms. The summed E-state index contributed by atoms with van der Waals surface area (Å²) in [6, 6.07) is 20.7. The molecule has 2 bridgehead atoms. The number of piperidine rings is 1. The predicted molar refractivity (Wildman–Crippen MR) is 104 cm³/mol. The van der Waals surface area contributed by atoms with E-state index in [0.29, 0.717) is 17.6 Å². The number of quaternary nitrogens is 1. The SMILES string of the molecule is C[N+]1(Cc2ccccc2)C2CCC1CC(OC(=O)C(O)c1ccccc1)C2. The van der Waals surface area contributed by atoms with Gasteiger partial charge in [-0.05, 0) is 5.56 Å². The molecule has 0 saturated carbocycles. The van der Waals surface area contributed by atoms with Crippen molar-refractivity contribution in [3.8, 4) is 0 Å². The van der Waals surface area contributed by atoms with Crippen molar-refractivity contribution in [2.75, 3.05) is 7.05 Å². The number of aliphatic hydroxyl groups is 1. The van der Waals surface area contributed by atoms with E-state index in [1.807, 2.05) is 18.2 Å². The highest BCUT2D eigenvalue weighted by molar-refractivity contribution is 5.76. The maximum absolute atomic E-state index is 12.4. The Labute approximate surface area is 161 Å². The second-order valence-corrected chi connectivity index (χ2v) is 8.22. The minimum atomic E-state index is -1.20. The number of hydrogen-bond donors (Lipinski definition) is 1. The van der Waals surface area contributed by atoms with Gasteiger partial charge >= 0.3 is 5.97 Å². The van der Waals surface area contributed by atoms with Gasteiger partial charge in [0.2, 0.25) is 0 Å². The van der Waals surface area contributed by atoms with Gasteiger partial charge in [0.1, 0.15) is 12.6 Å². The van der Waals surface area contributed by atoms with Crippen LogP contribution in [0.3, 0.4) is 0 Å². The first kappa shape index (κ1) is 18.2. The number of rotatable bonds is 5. The average Bonchev–Trinajstić information content (AvgIpc) is 2.86. The number of ether oxygens (including phenoxy) is 1. The van der Waals surface area contributed by atoms with E-state index in [0.717, 1.165) is 23.9 Å². The zero-order chi connectivity index (χ0) is 18.9. The fraction of sp³-hybridized carbons (Fsp3) is 0.435. The molecule has 2 aromatic rings. The van der Waals surface area contributed by atoms with Gasteiger partial charge < -0.3 is 14.3 Å². The Kier molecular flexibility index (Phi) is 5.02. The van der Waals surface area contributed by atoms with E-state index in [1.165, 1.54) is 18.4 Å². The number of nitrogens with zero attached hydrogens (tertiary/aromatic N) is 1. The normalized spacial score (nSPS) is 30.7. The summed E-state index contributed by atoms with van der Waals surface area (Å²) in [5, 5.41) is 10.3. The number of benzene rings is 2. The molecule has 2 aliphatic heterocycles. The van der Waals surface area contributed by atoms with Crippen LogP contribution in [0.2, 0.25) is 0 Å². The first-order valence-corrected chi connectivity index (χ1v) is 9.88. The Hall–Kier alpha value is -2.17. The Morgan fingerprint density at radius 1 is 1.04 bits per heavy atom. The monoisotopic (exact) mass is 366 g/mol. The number of aliphatic hydroxyl groups excluding tert-OH is 1. The van der Waals surface area contributed by atoms with Crippen LogP contribution in [0.1, 0.15) is 42.9 Å². The summed E-state index contributed by atoms with van der Waals surface area (Å²) in [6.07, 6.45) is 2.85. The topological polar surface area (TPSA) is 46.5 Å². The molecule has 0 aliphatic carbocycles. The van der Waals surface area contributed by atoms with Crippen molar-refractivity contribution in [1.29, 1.82) is 0 Å². The van der Waals surface area contributed by atoms with Crippen molar-refractivity contribution in [2.45, 2.75) is 56.5 Å². The molecular weight excluding hydrogens is 338 g/mol. The minimum Gasteiger partial charge on any atom is -0.460 e. The van der Waals surface area contributed by atoms with Crippen molar-refractivity contribution >= 4 is 5.97 Å². The molecule has 3 atom stereocenters. The Morgan fingerprint density at radius 2 is 1.59 bits per heavy atom. The summed E-state index contributed by atoms with van der Waals surface area (Å²) in [4.78, 5) is 12.4. The number of esters is 1. The molecule has 3 unspecified atom stereocenters. The van der Waals surface area contributed by atoms with Crippen molar-refractivity contribution in [2.24, 2.45) is 0 Å². The van der Waals surface area contributed by atoms with Gasteiger partial charge in [0, 0.05) is 31.2 Å². The van der Waals surface area contributed by atoms with Crippen molar-refractivity contribution in [3.05, 3.63) is 71.8 Å². The molecule has 4 nitrogen and oxygen atoms in total. The van der Waals surface area contributed by atoms with Gasteiger partial charge in [-0.1, -0.05) is 60.7 Å². The molecule has 4 rings (SSSR count). The summed E-state index contributed by atoms with van der Waals surface area (Å²) >= 11 is 0. The molecule has 0 aromatic heterocycles. The van der Waals surface area contributed by atoms with Gasteiger partial charge in [0.15, 0.2) is 6.10 Å². The third kappa shape index (κ3) is 3.64. The second kappa shape index (κ2) is 7.45. The van der Waals surface area contributed by atoms with Crippen molar-refractivity contribution < 1.29 is 19.1 Å². The van der Waals surface area contributed by atoms with Gasteiger partial charge in [-0.25, -0.2) is 4.79 Å². The average molecular weight is 366 g/mol. The molecule has 2 aliphatic rings. The van der Waals surface area contributed by atoms with Gasteiger partial charge in [0.05, 0.1) is 19.1 Å². The molecule has 1 N–H and O–H groups in total. The number of fused-ring (bicyclic) bond motifs is 2. The van der Waals surface area contributed by atoms with Gasteiger partial charge in [-0.2, -0.15) is 0 Å². The largest absolute Gasteiger partial charge is 0.460 e. The van der Waals surface area contributed by atoms with E-state index >= 15 is 0 Å². The smallest absolute Gasteiger partial charge is 0.339 e. The summed E-state index contributed by atoms with van der Waals surface area (Å²) in [5.41, 5.74) is 1.96. The molecule has 2 saturated heterocycles. The van der Waals surface area contributed by atoms with Crippen LogP contribution in [-0.2, 0) is 16.1 Å². The molecule has 2 fully saturated rings. The fourth-order valence-electron chi connectivity index (χ4n) is 5.02. The lowest BCUT2D eigenvalue weighted by Crippen LogP contribution is -2.58. The standard InChI is InChI=1S/C23H28NO3/c1-24(16-17-8-4-2-5-9-17)19-12-13-20(24)15-21(14-19)27-23(26)22(25)18-10-6-3-7-11-18/h2-11,19-22,25H,12-16H2,1H3/q+1. The predicted octanol–water partition coefficient (Wildman–Crippen LogP) is 3.60. The van der Waals surface area contributed by atoms with Crippen LogP contribution >= 0.6 is 0 Å². The first-order valence-electron chi connectivity index (χ1n) is 9.88. The van der Waals surface area contributed by atoms with E-state index in [9.17, 15) is 9.90 Å². The van der Waals surface area contributed by atoms with E-state index in [-0.39, 0.29) is 6.10 Å². The van der Waals surface area contributed by atoms with E-state index in [2.05, 4.69) is 37.4 Å².